The Labute approximate surface area is 174 Å². The minimum Gasteiger partial charge on any atom is -0.496 e. The van der Waals surface area contributed by atoms with E-state index in [4.69, 9.17) is 14.2 Å². The topological polar surface area (TPSA) is 112 Å². The Hall–Kier alpha value is -3.75. The number of methoxy groups -OCH3 is 2. The Morgan fingerprint density at radius 2 is 1.40 bits per heavy atom. The second kappa shape index (κ2) is 11.3. The van der Waals surface area contributed by atoms with Gasteiger partial charge in [-0.15, -0.1) is 0 Å². The van der Waals surface area contributed by atoms with Gasteiger partial charge in [0.25, 0.3) is 11.8 Å². The smallest absolute Gasteiger partial charge is 0.496 e. The van der Waals surface area contributed by atoms with Crippen molar-refractivity contribution in [1.82, 2.24) is 10.6 Å². The molecule has 9 heteroatoms. The van der Waals surface area contributed by atoms with Crippen LogP contribution in [0.15, 0.2) is 42.5 Å². The molecule has 0 aromatic heterocycles. The van der Waals surface area contributed by atoms with Crippen molar-refractivity contribution in [3.8, 4) is 17.2 Å². The summed E-state index contributed by atoms with van der Waals surface area (Å²) in [6.07, 6.45) is -0.808. The van der Waals surface area contributed by atoms with Gasteiger partial charge in [-0.3, -0.25) is 9.59 Å². The van der Waals surface area contributed by atoms with Crippen molar-refractivity contribution in [3.05, 3.63) is 53.6 Å². The molecule has 0 saturated heterocycles. The van der Waals surface area contributed by atoms with Gasteiger partial charge < -0.3 is 29.6 Å². The van der Waals surface area contributed by atoms with E-state index in [1.165, 1.54) is 38.5 Å². The first-order valence-corrected chi connectivity index (χ1v) is 9.22. The summed E-state index contributed by atoms with van der Waals surface area (Å²) in [5, 5.41) is 5.41. The third kappa shape index (κ3) is 6.13. The number of rotatable bonds is 9. The van der Waals surface area contributed by atoms with E-state index in [0.717, 1.165) is 0 Å². The number of hydrogen-bond acceptors (Lipinski definition) is 7. The molecule has 0 aliphatic carbocycles. The first kappa shape index (κ1) is 22.5. The Morgan fingerprint density at radius 3 is 1.93 bits per heavy atom. The SMILES string of the molecule is CCOC(=O)Oc1ccc(C(=O)NCCNC(=O)c2c(OC)cccc2OC)cc1. The molecule has 9 nitrogen and oxygen atoms in total. The third-order valence-corrected chi connectivity index (χ3v) is 3.93. The number of benzene rings is 2. The average Bonchev–Trinajstić information content (AvgIpc) is 2.76. The van der Waals surface area contributed by atoms with Gasteiger partial charge in [0.1, 0.15) is 22.8 Å². The fraction of sp³-hybridized carbons (Fsp3) is 0.286. The number of nitrogens with one attached hydrogen (secondary N) is 2. The summed E-state index contributed by atoms with van der Waals surface area (Å²) in [7, 11) is 2.93. The van der Waals surface area contributed by atoms with E-state index in [9.17, 15) is 14.4 Å². The van der Waals surface area contributed by atoms with Crippen LogP contribution in [0.5, 0.6) is 17.2 Å². The normalized spacial score (nSPS) is 9.97. The molecule has 30 heavy (non-hydrogen) atoms. The van der Waals surface area contributed by atoms with Gasteiger partial charge in [-0.25, -0.2) is 4.79 Å². The molecule has 0 aliphatic rings. The van der Waals surface area contributed by atoms with Gasteiger partial charge in [0.15, 0.2) is 0 Å². The molecule has 0 bridgehead atoms. The standard InChI is InChI=1S/C21H24N2O7/c1-4-29-21(26)30-15-10-8-14(9-11-15)19(24)22-12-13-23-20(25)18-16(27-2)6-5-7-17(18)28-3/h5-11H,4,12-13H2,1-3H3,(H,22,24)(H,23,25). The molecular formula is C21H24N2O7. The Morgan fingerprint density at radius 1 is 0.833 bits per heavy atom. The van der Waals surface area contributed by atoms with Crippen molar-refractivity contribution in [2.75, 3.05) is 33.9 Å². The van der Waals surface area contributed by atoms with E-state index >= 15 is 0 Å². The van der Waals surface area contributed by atoms with Gasteiger partial charge in [0.2, 0.25) is 0 Å². The first-order chi connectivity index (χ1) is 14.5. The quantitative estimate of drug-likeness (QED) is 0.367. The monoisotopic (exact) mass is 416 g/mol. The minimum atomic E-state index is -0.808. The van der Waals surface area contributed by atoms with Gasteiger partial charge in [-0.2, -0.15) is 0 Å². The lowest BCUT2D eigenvalue weighted by Gasteiger charge is -2.13. The summed E-state index contributed by atoms with van der Waals surface area (Å²) >= 11 is 0. The molecule has 0 atom stereocenters. The fourth-order valence-corrected chi connectivity index (χ4v) is 2.54. The van der Waals surface area contributed by atoms with Gasteiger partial charge >= 0.3 is 6.16 Å². The molecule has 0 unspecified atom stereocenters. The average molecular weight is 416 g/mol. The molecule has 160 valence electrons. The van der Waals surface area contributed by atoms with Gasteiger partial charge in [0, 0.05) is 18.7 Å². The summed E-state index contributed by atoms with van der Waals surface area (Å²) in [4.78, 5) is 35.9. The predicted octanol–water partition coefficient (Wildman–Crippen LogP) is 2.40. The van der Waals surface area contributed by atoms with Crippen molar-refractivity contribution in [2.45, 2.75) is 6.92 Å². The fourth-order valence-electron chi connectivity index (χ4n) is 2.54. The number of carbonyl (C=O) groups is 3. The number of ether oxygens (including phenoxy) is 4. The minimum absolute atomic E-state index is 0.204. The molecule has 0 fully saturated rings. The maximum Gasteiger partial charge on any atom is 0.513 e. The lowest BCUT2D eigenvalue weighted by molar-refractivity contribution is 0.0924. The molecule has 2 N–H and O–H groups in total. The van der Waals surface area contributed by atoms with Crippen molar-refractivity contribution < 1.29 is 33.3 Å². The van der Waals surface area contributed by atoms with Crippen molar-refractivity contribution >= 4 is 18.0 Å². The van der Waals surface area contributed by atoms with E-state index in [-0.39, 0.29) is 42.8 Å². The zero-order valence-corrected chi connectivity index (χ0v) is 17.0. The van der Waals surface area contributed by atoms with Gasteiger partial charge in [0.05, 0.1) is 20.8 Å². The number of hydrogen-bond donors (Lipinski definition) is 2. The van der Waals surface area contributed by atoms with E-state index in [1.807, 2.05) is 0 Å². The summed E-state index contributed by atoms with van der Waals surface area (Å²) < 4.78 is 20.0. The van der Waals surface area contributed by atoms with Crippen LogP contribution in [0.25, 0.3) is 0 Å². The predicted molar refractivity (Wildman–Crippen MR) is 108 cm³/mol. The van der Waals surface area contributed by atoms with E-state index in [1.54, 1.807) is 25.1 Å². The zero-order valence-electron chi connectivity index (χ0n) is 17.0. The highest BCUT2D eigenvalue weighted by Crippen LogP contribution is 2.27. The van der Waals surface area contributed by atoms with Crippen LogP contribution in [0.1, 0.15) is 27.6 Å². The summed E-state index contributed by atoms with van der Waals surface area (Å²) in [6.45, 7) is 2.29. The maximum absolute atomic E-state index is 12.5. The molecule has 2 rings (SSSR count). The molecule has 0 spiro atoms. The largest absolute Gasteiger partial charge is 0.513 e. The van der Waals surface area contributed by atoms with E-state index in [2.05, 4.69) is 15.4 Å². The zero-order chi connectivity index (χ0) is 21.9. The van der Waals surface area contributed by atoms with Crippen LogP contribution in [0.4, 0.5) is 4.79 Å². The Balaban J connectivity index is 1.84. The highest BCUT2D eigenvalue weighted by atomic mass is 16.7. The molecule has 2 aromatic rings. The lowest BCUT2D eigenvalue weighted by Crippen LogP contribution is -2.35. The highest BCUT2D eigenvalue weighted by Gasteiger charge is 2.17. The van der Waals surface area contributed by atoms with E-state index in [0.29, 0.717) is 17.1 Å². The second-order valence-electron chi connectivity index (χ2n) is 5.86. The van der Waals surface area contributed by atoms with Crippen LogP contribution in [-0.4, -0.2) is 51.9 Å². The molecular weight excluding hydrogens is 392 g/mol. The molecule has 0 aliphatic heterocycles. The van der Waals surface area contributed by atoms with Crippen LogP contribution >= 0.6 is 0 Å². The van der Waals surface area contributed by atoms with Crippen molar-refractivity contribution in [3.63, 3.8) is 0 Å². The van der Waals surface area contributed by atoms with Gasteiger partial charge in [-0.1, -0.05) is 6.07 Å². The van der Waals surface area contributed by atoms with Crippen LogP contribution in [0, 0.1) is 0 Å². The molecule has 0 heterocycles. The lowest BCUT2D eigenvalue weighted by atomic mass is 10.1. The van der Waals surface area contributed by atoms with Crippen LogP contribution in [-0.2, 0) is 4.74 Å². The molecule has 2 aromatic carbocycles. The summed E-state index contributed by atoms with van der Waals surface area (Å²) in [6, 6.07) is 11.0. The number of carbonyl (C=O) groups excluding carboxylic acids is 3. The molecule has 0 saturated carbocycles. The van der Waals surface area contributed by atoms with Crippen LogP contribution in [0.2, 0.25) is 0 Å². The van der Waals surface area contributed by atoms with Crippen LogP contribution < -0.4 is 24.8 Å². The van der Waals surface area contributed by atoms with E-state index < -0.39 is 6.16 Å². The Bertz CT molecular complexity index is 859. The van der Waals surface area contributed by atoms with Gasteiger partial charge in [-0.05, 0) is 43.3 Å². The number of amides is 2. The molecule has 2 amide bonds. The molecule has 0 radical (unpaired) electrons. The summed E-state index contributed by atoms with van der Waals surface area (Å²) in [5.41, 5.74) is 0.662. The first-order valence-electron chi connectivity index (χ1n) is 9.22. The maximum atomic E-state index is 12.5. The second-order valence-corrected chi connectivity index (χ2v) is 5.86. The van der Waals surface area contributed by atoms with Crippen molar-refractivity contribution in [1.29, 1.82) is 0 Å². The highest BCUT2D eigenvalue weighted by molar-refractivity contribution is 5.99. The third-order valence-electron chi connectivity index (χ3n) is 3.93. The van der Waals surface area contributed by atoms with Crippen molar-refractivity contribution in [2.24, 2.45) is 0 Å². The Kier molecular flexibility index (Phi) is 8.49. The van der Waals surface area contributed by atoms with Crippen LogP contribution in [0.3, 0.4) is 0 Å². The summed E-state index contributed by atoms with van der Waals surface area (Å²) in [5.74, 6) is 0.339.